The Morgan fingerprint density at radius 2 is 1.94 bits per heavy atom. The first-order valence-corrected chi connectivity index (χ1v) is 5.49. The van der Waals surface area contributed by atoms with Crippen LogP contribution in [-0.4, -0.2) is 52.2 Å². The summed E-state index contributed by atoms with van der Waals surface area (Å²) in [7, 11) is 1.61. The van der Waals surface area contributed by atoms with E-state index in [1.165, 1.54) is 12.2 Å². The molecule has 0 aromatic carbocycles. The Morgan fingerprint density at radius 1 is 1.18 bits per heavy atom. The first-order valence-electron chi connectivity index (χ1n) is 5.49. The molecule has 0 amide bonds. The van der Waals surface area contributed by atoms with Gasteiger partial charge >= 0.3 is 0 Å². The molecule has 0 N–H and O–H groups in total. The molecule has 0 bridgehead atoms. The lowest BCUT2D eigenvalue weighted by atomic mass is 10.0. The average Bonchev–Trinajstić information content (AvgIpc) is 2.35. The van der Waals surface area contributed by atoms with Crippen molar-refractivity contribution in [3.63, 3.8) is 0 Å². The van der Waals surface area contributed by atoms with Crippen LogP contribution in [0.1, 0.15) is 12.8 Å². The fourth-order valence-corrected chi connectivity index (χ4v) is 1.29. The lowest BCUT2D eigenvalue weighted by Gasteiger charge is -2.13. The zero-order valence-electron chi connectivity index (χ0n) is 10.1. The van der Waals surface area contributed by atoms with Gasteiger partial charge in [-0.15, -0.1) is 0 Å². The Morgan fingerprint density at radius 3 is 2.59 bits per heavy atom. The first kappa shape index (κ1) is 15.7. The number of ether oxygens (including phenoxy) is 2. The largest absolute Gasteiger partial charge is 0.382 e. The maximum absolute atomic E-state index is 10.0. The minimum absolute atomic E-state index is 0.148. The summed E-state index contributed by atoms with van der Waals surface area (Å²) >= 11 is 0. The van der Waals surface area contributed by atoms with E-state index in [0.717, 1.165) is 12.8 Å². The van der Waals surface area contributed by atoms with E-state index in [0.29, 0.717) is 32.9 Å². The maximum Gasteiger partial charge on any atom is 0.234 e. The highest BCUT2D eigenvalue weighted by Crippen LogP contribution is 2.08. The highest BCUT2D eigenvalue weighted by Gasteiger charge is 2.08. The molecule has 1 unspecified atom stereocenters. The van der Waals surface area contributed by atoms with Crippen LogP contribution < -0.4 is 0 Å². The van der Waals surface area contributed by atoms with Crippen LogP contribution >= 0.6 is 0 Å². The molecular formula is C11H18N2O4. The van der Waals surface area contributed by atoms with Crippen molar-refractivity contribution in [1.29, 1.82) is 0 Å². The molecule has 0 rings (SSSR count). The Kier molecular flexibility index (Phi) is 11.8. The minimum atomic E-state index is 0.148. The van der Waals surface area contributed by atoms with Crippen LogP contribution in [0.15, 0.2) is 9.98 Å². The lowest BCUT2D eigenvalue weighted by Crippen LogP contribution is -2.15. The fraction of sp³-hybridized carbons (Fsp3) is 0.818. The van der Waals surface area contributed by atoms with E-state index < -0.39 is 0 Å². The summed E-state index contributed by atoms with van der Waals surface area (Å²) < 4.78 is 10.2. The van der Waals surface area contributed by atoms with Gasteiger partial charge in [0.25, 0.3) is 0 Å². The normalized spacial score (nSPS) is 11.4. The second-order valence-corrected chi connectivity index (χ2v) is 3.48. The Labute approximate surface area is 101 Å². The van der Waals surface area contributed by atoms with Crippen molar-refractivity contribution in [2.75, 3.05) is 40.0 Å². The summed E-state index contributed by atoms with van der Waals surface area (Å²) in [6.07, 6.45) is 4.54. The van der Waals surface area contributed by atoms with Crippen LogP contribution in [0, 0.1) is 5.92 Å². The van der Waals surface area contributed by atoms with Gasteiger partial charge in [0.15, 0.2) is 0 Å². The van der Waals surface area contributed by atoms with Crippen molar-refractivity contribution in [2.45, 2.75) is 12.8 Å². The van der Waals surface area contributed by atoms with Crippen molar-refractivity contribution in [3.8, 4) is 0 Å². The Hall–Kier alpha value is -1.32. The average molecular weight is 242 g/mol. The predicted molar refractivity (Wildman–Crippen MR) is 61.4 cm³/mol. The third kappa shape index (κ3) is 11.0. The SMILES string of the molecule is COCCOCC(CCCN=C=O)CN=C=O. The molecule has 0 aromatic rings. The van der Waals surface area contributed by atoms with Crippen LogP contribution in [-0.2, 0) is 19.1 Å². The summed E-state index contributed by atoms with van der Waals surface area (Å²) in [4.78, 5) is 26.9. The van der Waals surface area contributed by atoms with E-state index in [1.807, 2.05) is 0 Å². The Bertz CT molecular complexity index is 271. The maximum atomic E-state index is 10.0. The summed E-state index contributed by atoms with van der Waals surface area (Å²) in [5.74, 6) is 0.148. The van der Waals surface area contributed by atoms with Gasteiger partial charge in [0.1, 0.15) is 0 Å². The second kappa shape index (κ2) is 12.7. The van der Waals surface area contributed by atoms with Gasteiger partial charge in [-0.2, -0.15) is 0 Å². The summed E-state index contributed by atoms with van der Waals surface area (Å²) in [6.45, 7) is 2.41. The molecule has 0 radical (unpaired) electrons. The zero-order chi connectivity index (χ0) is 12.8. The van der Waals surface area contributed by atoms with Crippen molar-refractivity contribution in [2.24, 2.45) is 15.9 Å². The zero-order valence-corrected chi connectivity index (χ0v) is 10.1. The third-order valence-corrected chi connectivity index (χ3v) is 2.15. The fourth-order valence-electron chi connectivity index (χ4n) is 1.29. The molecule has 0 saturated carbocycles. The van der Waals surface area contributed by atoms with Crippen molar-refractivity contribution in [1.82, 2.24) is 0 Å². The standard InChI is InChI=1S/C11H18N2O4/c1-16-5-6-17-8-11(7-13-10-15)3-2-4-12-9-14/h11H,2-8H2,1H3. The van der Waals surface area contributed by atoms with Gasteiger partial charge in [-0.25, -0.2) is 19.6 Å². The molecule has 0 aliphatic rings. The molecule has 6 nitrogen and oxygen atoms in total. The summed E-state index contributed by atoms with van der Waals surface area (Å²) in [5, 5.41) is 0. The summed E-state index contributed by atoms with van der Waals surface area (Å²) in [5.41, 5.74) is 0. The number of hydrogen-bond acceptors (Lipinski definition) is 6. The van der Waals surface area contributed by atoms with Crippen LogP contribution in [0.3, 0.4) is 0 Å². The van der Waals surface area contributed by atoms with E-state index in [-0.39, 0.29) is 5.92 Å². The smallest absolute Gasteiger partial charge is 0.234 e. The molecule has 0 spiro atoms. The number of methoxy groups -OCH3 is 1. The van der Waals surface area contributed by atoms with Gasteiger partial charge in [-0.1, -0.05) is 0 Å². The first-order chi connectivity index (χ1) is 8.35. The predicted octanol–water partition coefficient (Wildman–Crippen LogP) is 0.717. The van der Waals surface area contributed by atoms with Crippen LogP contribution in [0.4, 0.5) is 0 Å². The molecule has 0 saturated heterocycles. The van der Waals surface area contributed by atoms with Gasteiger partial charge in [0.2, 0.25) is 12.2 Å². The van der Waals surface area contributed by atoms with E-state index in [1.54, 1.807) is 7.11 Å². The highest BCUT2D eigenvalue weighted by atomic mass is 16.5. The van der Waals surface area contributed by atoms with Gasteiger partial charge in [-0.05, 0) is 12.8 Å². The third-order valence-electron chi connectivity index (χ3n) is 2.15. The topological polar surface area (TPSA) is 77.3 Å². The van der Waals surface area contributed by atoms with Crippen molar-refractivity contribution in [3.05, 3.63) is 0 Å². The van der Waals surface area contributed by atoms with Gasteiger partial charge in [-0.3, -0.25) is 0 Å². The minimum Gasteiger partial charge on any atom is -0.382 e. The highest BCUT2D eigenvalue weighted by molar-refractivity contribution is 5.33. The van der Waals surface area contributed by atoms with Crippen LogP contribution in [0.5, 0.6) is 0 Å². The molecule has 17 heavy (non-hydrogen) atoms. The van der Waals surface area contributed by atoms with E-state index >= 15 is 0 Å². The van der Waals surface area contributed by atoms with E-state index in [9.17, 15) is 9.59 Å². The van der Waals surface area contributed by atoms with Crippen molar-refractivity contribution < 1.29 is 19.1 Å². The summed E-state index contributed by atoms with van der Waals surface area (Å²) in [6, 6.07) is 0. The monoisotopic (exact) mass is 242 g/mol. The second-order valence-electron chi connectivity index (χ2n) is 3.48. The molecule has 1 atom stereocenters. The quantitative estimate of drug-likeness (QED) is 0.304. The van der Waals surface area contributed by atoms with Gasteiger partial charge < -0.3 is 9.47 Å². The molecule has 0 aliphatic carbocycles. The molecule has 6 heteroatoms. The van der Waals surface area contributed by atoms with E-state index in [2.05, 4.69) is 9.98 Å². The number of rotatable bonds is 11. The van der Waals surface area contributed by atoms with Crippen molar-refractivity contribution >= 4 is 12.2 Å². The van der Waals surface area contributed by atoms with E-state index in [4.69, 9.17) is 9.47 Å². The molecule has 0 aliphatic heterocycles. The Balaban J connectivity index is 3.78. The number of isocyanates is 2. The molecule has 0 heterocycles. The number of aliphatic imine (C=N–C) groups is 2. The molecule has 0 aromatic heterocycles. The number of carbonyl (C=O) groups excluding carboxylic acids is 2. The van der Waals surface area contributed by atoms with Crippen LogP contribution in [0.2, 0.25) is 0 Å². The lowest BCUT2D eigenvalue weighted by molar-refractivity contribution is 0.0510. The number of hydrogen-bond donors (Lipinski definition) is 0. The molecular weight excluding hydrogens is 224 g/mol. The van der Waals surface area contributed by atoms with Gasteiger partial charge in [0.05, 0.1) is 32.9 Å². The van der Waals surface area contributed by atoms with Gasteiger partial charge in [0, 0.05) is 13.0 Å². The van der Waals surface area contributed by atoms with Crippen LogP contribution in [0.25, 0.3) is 0 Å². The molecule has 0 fully saturated rings. The molecule has 96 valence electrons. The number of nitrogens with zero attached hydrogens (tertiary/aromatic N) is 2.